The fourth-order valence-corrected chi connectivity index (χ4v) is 2.43. The summed E-state index contributed by atoms with van der Waals surface area (Å²) in [5, 5.41) is 9.40. The summed E-state index contributed by atoms with van der Waals surface area (Å²) in [5.74, 6) is -0.812. The van der Waals surface area contributed by atoms with Gasteiger partial charge in [-0.1, -0.05) is 35.5 Å². The van der Waals surface area contributed by atoms with E-state index in [2.05, 4.69) is 0 Å². The number of rotatable bonds is 4. The Hall–Kier alpha value is -1.45. The maximum atomic E-state index is 10.6. The molecule has 0 aliphatic carbocycles. The monoisotopic (exact) mass is 278 g/mol. The maximum absolute atomic E-state index is 10.6. The van der Waals surface area contributed by atoms with Crippen LogP contribution in [-0.4, -0.2) is 11.1 Å². The molecule has 0 heterocycles. The van der Waals surface area contributed by atoms with E-state index in [-0.39, 0.29) is 6.42 Å². The molecular weight excluding hydrogens is 268 g/mol. The summed E-state index contributed by atoms with van der Waals surface area (Å²) >= 11 is 7.44. The van der Waals surface area contributed by atoms with Crippen LogP contribution in [0.2, 0.25) is 5.02 Å². The molecule has 1 N–H and O–H groups in total. The van der Waals surface area contributed by atoms with Gasteiger partial charge >= 0.3 is 5.97 Å². The van der Waals surface area contributed by atoms with Crippen molar-refractivity contribution in [3.05, 3.63) is 59.1 Å². The van der Waals surface area contributed by atoms with E-state index in [1.165, 1.54) is 0 Å². The van der Waals surface area contributed by atoms with Gasteiger partial charge in [-0.15, -0.1) is 0 Å². The first-order valence-corrected chi connectivity index (χ1v) is 6.57. The van der Waals surface area contributed by atoms with Crippen LogP contribution in [-0.2, 0) is 11.2 Å². The molecule has 18 heavy (non-hydrogen) atoms. The second kappa shape index (κ2) is 5.94. The number of carbonyl (C=O) groups is 1. The third kappa shape index (κ3) is 3.79. The van der Waals surface area contributed by atoms with Crippen LogP contribution >= 0.6 is 23.4 Å². The lowest BCUT2D eigenvalue weighted by Gasteiger charge is -2.03. The third-order valence-electron chi connectivity index (χ3n) is 2.33. The van der Waals surface area contributed by atoms with Crippen molar-refractivity contribution in [1.29, 1.82) is 0 Å². The van der Waals surface area contributed by atoms with Crippen molar-refractivity contribution in [3.63, 3.8) is 0 Å². The number of halogens is 1. The molecule has 2 aromatic rings. The number of aliphatic carboxylic acids is 1. The molecule has 0 fully saturated rings. The molecule has 0 saturated carbocycles. The highest BCUT2D eigenvalue weighted by atomic mass is 35.5. The summed E-state index contributed by atoms with van der Waals surface area (Å²) in [6.45, 7) is 0. The van der Waals surface area contributed by atoms with E-state index in [4.69, 9.17) is 16.7 Å². The quantitative estimate of drug-likeness (QED) is 0.914. The molecule has 92 valence electrons. The molecule has 0 aromatic heterocycles. The standard InChI is InChI=1S/C14H11ClO2S/c15-11-3-7-13(8-4-11)18-12-5-1-10(2-6-12)9-14(16)17/h1-8H,9H2,(H,16,17). The maximum Gasteiger partial charge on any atom is 0.307 e. The first kappa shape index (κ1) is 13.0. The highest BCUT2D eigenvalue weighted by Crippen LogP contribution is 2.28. The van der Waals surface area contributed by atoms with E-state index in [1.807, 2.05) is 48.5 Å². The lowest BCUT2D eigenvalue weighted by atomic mass is 10.2. The number of hydrogen-bond acceptors (Lipinski definition) is 2. The Morgan fingerprint density at radius 3 is 2.00 bits per heavy atom. The van der Waals surface area contributed by atoms with Gasteiger partial charge < -0.3 is 5.11 Å². The normalized spacial score (nSPS) is 10.3. The molecule has 4 heteroatoms. The van der Waals surface area contributed by atoms with Crippen LogP contribution in [0.5, 0.6) is 0 Å². The van der Waals surface area contributed by atoms with Gasteiger partial charge in [0.15, 0.2) is 0 Å². The lowest BCUT2D eigenvalue weighted by molar-refractivity contribution is -0.136. The molecule has 0 bridgehead atoms. The largest absolute Gasteiger partial charge is 0.481 e. The van der Waals surface area contributed by atoms with Gasteiger partial charge in [0, 0.05) is 14.8 Å². The average molecular weight is 279 g/mol. The SMILES string of the molecule is O=C(O)Cc1ccc(Sc2ccc(Cl)cc2)cc1. The molecule has 2 nitrogen and oxygen atoms in total. The van der Waals surface area contributed by atoms with Crippen molar-refractivity contribution in [1.82, 2.24) is 0 Å². The van der Waals surface area contributed by atoms with Crippen molar-refractivity contribution < 1.29 is 9.90 Å². The smallest absolute Gasteiger partial charge is 0.307 e. The molecule has 0 saturated heterocycles. The predicted octanol–water partition coefficient (Wildman–Crippen LogP) is 4.12. The molecule has 2 aromatic carbocycles. The Balaban J connectivity index is 2.06. The Morgan fingerprint density at radius 2 is 1.50 bits per heavy atom. The van der Waals surface area contributed by atoms with Crippen molar-refractivity contribution in [3.8, 4) is 0 Å². The molecule has 2 rings (SSSR count). The lowest BCUT2D eigenvalue weighted by Crippen LogP contribution is -1.99. The Morgan fingerprint density at radius 1 is 1.00 bits per heavy atom. The summed E-state index contributed by atoms with van der Waals surface area (Å²) in [4.78, 5) is 12.7. The van der Waals surface area contributed by atoms with Gasteiger partial charge in [0.1, 0.15) is 0 Å². The van der Waals surface area contributed by atoms with E-state index in [1.54, 1.807) is 11.8 Å². The molecule has 0 aliphatic heterocycles. The minimum Gasteiger partial charge on any atom is -0.481 e. The predicted molar refractivity (Wildman–Crippen MR) is 73.4 cm³/mol. The summed E-state index contributed by atoms with van der Waals surface area (Å²) in [7, 11) is 0. The fourth-order valence-electron chi connectivity index (χ4n) is 1.49. The number of carboxylic acids is 1. The van der Waals surface area contributed by atoms with Gasteiger partial charge in [-0.3, -0.25) is 4.79 Å². The molecule has 0 atom stereocenters. The van der Waals surface area contributed by atoms with E-state index >= 15 is 0 Å². The zero-order chi connectivity index (χ0) is 13.0. The highest BCUT2D eigenvalue weighted by Gasteiger charge is 2.01. The van der Waals surface area contributed by atoms with Crippen LogP contribution in [0.3, 0.4) is 0 Å². The summed E-state index contributed by atoms with van der Waals surface area (Å²) in [6, 6.07) is 15.1. The second-order valence-electron chi connectivity index (χ2n) is 3.77. The Bertz CT molecular complexity index is 535. The van der Waals surface area contributed by atoms with Gasteiger partial charge in [-0.25, -0.2) is 0 Å². The molecule has 0 radical (unpaired) electrons. The Kier molecular flexibility index (Phi) is 4.28. The third-order valence-corrected chi connectivity index (χ3v) is 3.60. The fraction of sp³-hybridized carbons (Fsp3) is 0.0714. The van der Waals surface area contributed by atoms with Crippen LogP contribution in [0.4, 0.5) is 0 Å². The first-order valence-electron chi connectivity index (χ1n) is 5.37. The number of hydrogen-bond donors (Lipinski definition) is 1. The molecule has 0 aliphatic rings. The topological polar surface area (TPSA) is 37.3 Å². The van der Waals surface area contributed by atoms with E-state index in [0.717, 1.165) is 20.4 Å². The highest BCUT2D eigenvalue weighted by molar-refractivity contribution is 7.99. The zero-order valence-corrected chi connectivity index (χ0v) is 11.0. The minimum absolute atomic E-state index is 0.0614. The van der Waals surface area contributed by atoms with Gasteiger partial charge in [0.05, 0.1) is 6.42 Å². The number of benzene rings is 2. The van der Waals surface area contributed by atoms with Crippen LogP contribution in [0.25, 0.3) is 0 Å². The summed E-state index contributed by atoms with van der Waals surface area (Å²) in [6.07, 6.45) is 0.0614. The molecule has 0 unspecified atom stereocenters. The van der Waals surface area contributed by atoms with Crippen LogP contribution in [0.15, 0.2) is 58.3 Å². The van der Waals surface area contributed by atoms with Gasteiger partial charge in [-0.05, 0) is 42.0 Å². The minimum atomic E-state index is -0.812. The van der Waals surface area contributed by atoms with Crippen molar-refractivity contribution >= 4 is 29.3 Å². The van der Waals surface area contributed by atoms with Crippen molar-refractivity contribution in [2.45, 2.75) is 16.2 Å². The van der Waals surface area contributed by atoms with Crippen LogP contribution in [0.1, 0.15) is 5.56 Å². The van der Waals surface area contributed by atoms with Crippen LogP contribution in [0, 0.1) is 0 Å². The van der Waals surface area contributed by atoms with Crippen molar-refractivity contribution in [2.24, 2.45) is 0 Å². The second-order valence-corrected chi connectivity index (χ2v) is 5.35. The van der Waals surface area contributed by atoms with Gasteiger partial charge in [0.2, 0.25) is 0 Å². The van der Waals surface area contributed by atoms with Crippen molar-refractivity contribution in [2.75, 3.05) is 0 Å². The van der Waals surface area contributed by atoms with E-state index in [0.29, 0.717) is 0 Å². The average Bonchev–Trinajstić information content (AvgIpc) is 2.34. The summed E-state index contributed by atoms with van der Waals surface area (Å²) < 4.78 is 0. The first-order chi connectivity index (χ1) is 8.63. The Labute approximate surface area is 115 Å². The van der Waals surface area contributed by atoms with Crippen LogP contribution < -0.4 is 0 Å². The van der Waals surface area contributed by atoms with E-state index in [9.17, 15) is 4.79 Å². The molecular formula is C14H11ClO2S. The van der Waals surface area contributed by atoms with Gasteiger partial charge in [-0.2, -0.15) is 0 Å². The van der Waals surface area contributed by atoms with Gasteiger partial charge in [0.25, 0.3) is 0 Å². The van der Waals surface area contributed by atoms with E-state index < -0.39 is 5.97 Å². The molecule has 0 amide bonds. The molecule has 0 spiro atoms. The summed E-state index contributed by atoms with van der Waals surface area (Å²) in [5.41, 5.74) is 0.808. The number of carboxylic acid groups (broad SMARTS) is 1. The zero-order valence-electron chi connectivity index (χ0n) is 9.47.